The van der Waals surface area contributed by atoms with E-state index in [0.717, 1.165) is 19.4 Å². The first-order chi connectivity index (χ1) is 7.02. The van der Waals surface area contributed by atoms with E-state index < -0.39 is 6.04 Å². The number of hydrogen-bond donors (Lipinski definition) is 1. The van der Waals surface area contributed by atoms with Gasteiger partial charge in [-0.05, 0) is 18.8 Å². The van der Waals surface area contributed by atoms with Crippen LogP contribution in [0.3, 0.4) is 0 Å². The fourth-order valence-electron chi connectivity index (χ4n) is 1.72. The first-order valence-electron chi connectivity index (χ1n) is 5.64. The fourth-order valence-corrected chi connectivity index (χ4v) is 1.72. The van der Waals surface area contributed by atoms with Gasteiger partial charge < -0.3 is 15.4 Å². The van der Waals surface area contributed by atoms with Crippen molar-refractivity contribution in [2.45, 2.75) is 38.8 Å². The van der Waals surface area contributed by atoms with Crippen molar-refractivity contribution in [3.05, 3.63) is 0 Å². The van der Waals surface area contributed by atoms with Gasteiger partial charge in [-0.25, -0.2) is 0 Å². The fraction of sp³-hybridized carbons (Fsp3) is 0.909. The molecule has 0 aromatic carbocycles. The molecule has 0 aliphatic carbocycles. The summed E-state index contributed by atoms with van der Waals surface area (Å²) in [5.41, 5.74) is 5.80. The highest BCUT2D eigenvalue weighted by atomic mass is 16.5. The molecule has 1 heterocycles. The van der Waals surface area contributed by atoms with E-state index in [-0.39, 0.29) is 17.9 Å². The van der Waals surface area contributed by atoms with E-state index in [0.29, 0.717) is 6.54 Å². The van der Waals surface area contributed by atoms with E-state index in [9.17, 15) is 4.79 Å². The van der Waals surface area contributed by atoms with Crippen molar-refractivity contribution in [2.24, 2.45) is 11.7 Å². The van der Waals surface area contributed by atoms with Crippen LogP contribution in [0.25, 0.3) is 0 Å². The summed E-state index contributed by atoms with van der Waals surface area (Å²) < 4.78 is 5.48. The molecule has 88 valence electrons. The number of ether oxygens (including phenoxy) is 1. The molecule has 2 N–H and O–H groups in total. The lowest BCUT2D eigenvalue weighted by atomic mass is 10.0. The Morgan fingerprint density at radius 1 is 1.60 bits per heavy atom. The number of nitrogens with zero attached hydrogens (tertiary/aromatic N) is 1. The Labute approximate surface area is 91.8 Å². The van der Waals surface area contributed by atoms with Gasteiger partial charge >= 0.3 is 0 Å². The van der Waals surface area contributed by atoms with Crippen LogP contribution in [0.2, 0.25) is 0 Å². The summed E-state index contributed by atoms with van der Waals surface area (Å²) in [5, 5.41) is 0. The van der Waals surface area contributed by atoms with Crippen molar-refractivity contribution in [1.29, 1.82) is 0 Å². The van der Waals surface area contributed by atoms with Gasteiger partial charge in [0.05, 0.1) is 12.1 Å². The number of nitrogens with two attached hydrogens (primary N) is 1. The van der Waals surface area contributed by atoms with Gasteiger partial charge in [0.1, 0.15) is 0 Å². The lowest BCUT2D eigenvalue weighted by molar-refractivity contribution is -0.133. The van der Waals surface area contributed by atoms with E-state index in [1.165, 1.54) is 0 Å². The van der Waals surface area contributed by atoms with Crippen LogP contribution in [-0.4, -0.2) is 43.2 Å². The molecular weight excluding hydrogens is 192 g/mol. The highest BCUT2D eigenvalue weighted by Crippen LogP contribution is 2.13. The number of amides is 1. The molecular formula is C11H22N2O2. The number of likely N-dealkylation sites (N-methyl/N-ethyl adjacent to an activating group) is 1. The minimum absolute atomic E-state index is 0.0144. The third kappa shape index (κ3) is 3.47. The van der Waals surface area contributed by atoms with Crippen molar-refractivity contribution in [2.75, 3.05) is 20.2 Å². The van der Waals surface area contributed by atoms with Gasteiger partial charge in [0.25, 0.3) is 0 Å². The average molecular weight is 214 g/mol. The number of rotatable bonds is 4. The second kappa shape index (κ2) is 5.47. The minimum Gasteiger partial charge on any atom is -0.376 e. The Morgan fingerprint density at radius 2 is 2.27 bits per heavy atom. The van der Waals surface area contributed by atoms with Gasteiger partial charge in [-0.2, -0.15) is 0 Å². The summed E-state index contributed by atoms with van der Waals surface area (Å²) in [7, 11) is 1.80. The van der Waals surface area contributed by atoms with Crippen molar-refractivity contribution in [3.8, 4) is 0 Å². The van der Waals surface area contributed by atoms with Crippen LogP contribution in [-0.2, 0) is 9.53 Å². The molecule has 1 saturated heterocycles. The summed E-state index contributed by atoms with van der Waals surface area (Å²) in [6, 6.07) is -0.392. The van der Waals surface area contributed by atoms with Crippen molar-refractivity contribution < 1.29 is 9.53 Å². The lowest BCUT2D eigenvalue weighted by Gasteiger charge is -2.25. The van der Waals surface area contributed by atoms with Gasteiger partial charge in [-0.3, -0.25) is 4.79 Å². The first-order valence-corrected chi connectivity index (χ1v) is 5.64. The molecule has 0 aromatic heterocycles. The maximum Gasteiger partial charge on any atom is 0.239 e. The Hall–Kier alpha value is -0.610. The van der Waals surface area contributed by atoms with Gasteiger partial charge in [-0.1, -0.05) is 13.8 Å². The summed E-state index contributed by atoms with van der Waals surface area (Å²) in [6.45, 7) is 5.41. The molecule has 0 spiro atoms. The molecule has 0 radical (unpaired) electrons. The third-order valence-corrected chi connectivity index (χ3v) is 2.88. The van der Waals surface area contributed by atoms with E-state index in [1.54, 1.807) is 11.9 Å². The van der Waals surface area contributed by atoms with E-state index in [1.807, 2.05) is 13.8 Å². The van der Waals surface area contributed by atoms with Gasteiger partial charge in [0, 0.05) is 20.2 Å². The zero-order chi connectivity index (χ0) is 11.4. The number of carbonyl (C=O) groups is 1. The third-order valence-electron chi connectivity index (χ3n) is 2.88. The highest BCUT2D eigenvalue weighted by molar-refractivity contribution is 5.81. The molecule has 4 nitrogen and oxygen atoms in total. The summed E-state index contributed by atoms with van der Waals surface area (Å²) in [5.74, 6) is 0.199. The molecule has 4 heteroatoms. The lowest BCUT2D eigenvalue weighted by Crippen LogP contribution is -2.46. The van der Waals surface area contributed by atoms with Crippen LogP contribution in [0.5, 0.6) is 0 Å². The molecule has 1 amide bonds. The van der Waals surface area contributed by atoms with Crippen LogP contribution in [0.15, 0.2) is 0 Å². The second-order valence-electron chi connectivity index (χ2n) is 4.62. The maximum absolute atomic E-state index is 11.8. The number of hydrogen-bond acceptors (Lipinski definition) is 3. The molecule has 1 aliphatic heterocycles. The predicted octanol–water partition coefficient (Wildman–Crippen LogP) is 0.607. The Kier molecular flexibility index (Phi) is 4.54. The van der Waals surface area contributed by atoms with Crippen LogP contribution in [0.4, 0.5) is 0 Å². The minimum atomic E-state index is -0.392. The highest BCUT2D eigenvalue weighted by Gasteiger charge is 2.24. The second-order valence-corrected chi connectivity index (χ2v) is 4.62. The molecule has 1 aliphatic rings. The molecule has 15 heavy (non-hydrogen) atoms. The molecule has 2 atom stereocenters. The van der Waals surface area contributed by atoms with E-state index in [4.69, 9.17) is 10.5 Å². The standard InChI is InChI=1S/C11H22N2O2/c1-8(2)10(12)11(14)13(3)7-9-5-4-6-15-9/h8-10H,4-7,12H2,1-3H3/t9?,10-/m1/s1. The molecule has 1 rings (SSSR count). The maximum atomic E-state index is 11.8. The zero-order valence-electron chi connectivity index (χ0n) is 9.90. The summed E-state index contributed by atoms with van der Waals surface area (Å²) in [6.07, 6.45) is 2.36. The van der Waals surface area contributed by atoms with Crippen LogP contribution < -0.4 is 5.73 Å². The molecule has 1 fully saturated rings. The summed E-state index contributed by atoms with van der Waals surface area (Å²) in [4.78, 5) is 13.5. The monoisotopic (exact) mass is 214 g/mol. The predicted molar refractivity (Wildman–Crippen MR) is 59.4 cm³/mol. The smallest absolute Gasteiger partial charge is 0.239 e. The largest absolute Gasteiger partial charge is 0.376 e. The van der Waals surface area contributed by atoms with Gasteiger partial charge in [-0.15, -0.1) is 0 Å². The van der Waals surface area contributed by atoms with E-state index in [2.05, 4.69) is 0 Å². The van der Waals surface area contributed by atoms with Gasteiger partial charge in [0.2, 0.25) is 5.91 Å². The Bertz CT molecular complexity index is 213. The summed E-state index contributed by atoms with van der Waals surface area (Å²) >= 11 is 0. The molecule has 0 aromatic rings. The van der Waals surface area contributed by atoms with Crippen LogP contribution in [0, 0.1) is 5.92 Å². The van der Waals surface area contributed by atoms with Crippen molar-refractivity contribution in [1.82, 2.24) is 4.90 Å². The topological polar surface area (TPSA) is 55.6 Å². The average Bonchev–Trinajstić information content (AvgIpc) is 2.67. The first kappa shape index (κ1) is 12.5. The molecule has 0 bridgehead atoms. The number of carbonyl (C=O) groups excluding carboxylic acids is 1. The van der Waals surface area contributed by atoms with Crippen molar-refractivity contribution in [3.63, 3.8) is 0 Å². The quantitative estimate of drug-likeness (QED) is 0.746. The van der Waals surface area contributed by atoms with Crippen LogP contribution in [0.1, 0.15) is 26.7 Å². The zero-order valence-corrected chi connectivity index (χ0v) is 9.90. The Morgan fingerprint density at radius 3 is 2.73 bits per heavy atom. The SMILES string of the molecule is CC(C)[C@@H](N)C(=O)N(C)CC1CCCO1. The van der Waals surface area contributed by atoms with Gasteiger partial charge in [0.15, 0.2) is 0 Å². The molecule has 0 saturated carbocycles. The molecule has 1 unspecified atom stereocenters. The normalized spacial score (nSPS) is 23.1. The van der Waals surface area contributed by atoms with Crippen molar-refractivity contribution >= 4 is 5.91 Å². The van der Waals surface area contributed by atoms with E-state index >= 15 is 0 Å². The van der Waals surface area contributed by atoms with Crippen LogP contribution >= 0.6 is 0 Å². The Balaban J connectivity index is 2.38.